The molecule has 0 saturated heterocycles. The minimum absolute atomic E-state index is 0.0544. The summed E-state index contributed by atoms with van der Waals surface area (Å²) in [5.74, 6) is 1.61. The van der Waals surface area contributed by atoms with E-state index in [0.29, 0.717) is 32.6 Å². The summed E-state index contributed by atoms with van der Waals surface area (Å²) >= 11 is 0. The van der Waals surface area contributed by atoms with E-state index >= 15 is 0 Å². The van der Waals surface area contributed by atoms with Crippen LogP contribution in [0.25, 0.3) is 0 Å². The number of fused-ring (bicyclic) bond motifs is 1. The fourth-order valence-electron chi connectivity index (χ4n) is 2.39. The number of aryl methyl sites for hydroxylation is 1. The maximum absolute atomic E-state index is 11.9. The number of rotatable bonds is 5. The first-order valence-electron chi connectivity index (χ1n) is 7.50. The highest BCUT2D eigenvalue weighted by molar-refractivity contribution is 5.76. The smallest absolute Gasteiger partial charge is 0.220 e. The number of benzene rings is 2. The van der Waals surface area contributed by atoms with Gasteiger partial charge in [-0.15, -0.1) is 0 Å². The second-order valence-electron chi connectivity index (χ2n) is 5.24. The van der Waals surface area contributed by atoms with E-state index < -0.39 is 0 Å². The van der Waals surface area contributed by atoms with Crippen LogP contribution in [0.3, 0.4) is 0 Å². The summed E-state index contributed by atoms with van der Waals surface area (Å²) < 4.78 is 11.0. The van der Waals surface area contributed by atoms with Crippen LogP contribution in [0.2, 0.25) is 0 Å². The lowest BCUT2D eigenvalue weighted by molar-refractivity contribution is -0.121. The maximum Gasteiger partial charge on any atom is 0.220 e. The molecule has 2 aromatic rings. The summed E-state index contributed by atoms with van der Waals surface area (Å²) in [4.78, 5) is 11.9. The number of carbonyl (C=O) groups is 1. The first kappa shape index (κ1) is 14.4. The standard InChI is InChI=1S/C18H19NO3/c20-18(19-13-15-4-2-1-3-5-15)9-7-14-6-8-16-17(12-14)22-11-10-21-16/h1-6,8,12H,7,9-11,13H2,(H,19,20). The molecule has 0 bridgehead atoms. The molecule has 1 amide bonds. The lowest BCUT2D eigenvalue weighted by Crippen LogP contribution is -2.23. The van der Waals surface area contributed by atoms with Crippen LogP contribution in [0.5, 0.6) is 11.5 Å². The molecule has 3 rings (SSSR count). The first-order chi connectivity index (χ1) is 10.8. The molecule has 22 heavy (non-hydrogen) atoms. The Hall–Kier alpha value is -2.49. The highest BCUT2D eigenvalue weighted by atomic mass is 16.6. The van der Waals surface area contributed by atoms with Crippen LogP contribution in [0.1, 0.15) is 17.5 Å². The van der Waals surface area contributed by atoms with E-state index in [2.05, 4.69) is 5.32 Å². The highest BCUT2D eigenvalue weighted by Crippen LogP contribution is 2.31. The van der Waals surface area contributed by atoms with Crippen molar-refractivity contribution in [3.63, 3.8) is 0 Å². The molecular formula is C18H19NO3. The second-order valence-corrected chi connectivity index (χ2v) is 5.24. The monoisotopic (exact) mass is 297 g/mol. The third kappa shape index (κ3) is 3.79. The molecule has 114 valence electrons. The summed E-state index contributed by atoms with van der Waals surface area (Å²) in [6.07, 6.45) is 1.16. The van der Waals surface area contributed by atoms with Crippen molar-refractivity contribution in [1.82, 2.24) is 5.32 Å². The molecule has 1 aliphatic heterocycles. The van der Waals surface area contributed by atoms with Crippen molar-refractivity contribution in [1.29, 1.82) is 0 Å². The van der Waals surface area contributed by atoms with Crippen molar-refractivity contribution in [3.05, 3.63) is 59.7 Å². The van der Waals surface area contributed by atoms with Crippen molar-refractivity contribution in [2.45, 2.75) is 19.4 Å². The molecule has 0 saturated carbocycles. The van der Waals surface area contributed by atoms with E-state index in [1.165, 1.54) is 0 Å². The summed E-state index contributed by atoms with van der Waals surface area (Å²) in [7, 11) is 0. The van der Waals surface area contributed by atoms with Gasteiger partial charge in [0.25, 0.3) is 0 Å². The highest BCUT2D eigenvalue weighted by Gasteiger charge is 2.12. The summed E-state index contributed by atoms with van der Waals surface area (Å²) in [6, 6.07) is 15.8. The Kier molecular flexibility index (Phi) is 4.59. The summed E-state index contributed by atoms with van der Waals surface area (Å²) in [5.41, 5.74) is 2.19. The summed E-state index contributed by atoms with van der Waals surface area (Å²) in [5, 5.41) is 2.94. The number of amides is 1. The van der Waals surface area contributed by atoms with Crippen LogP contribution in [-0.2, 0) is 17.8 Å². The van der Waals surface area contributed by atoms with E-state index in [9.17, 15) is 4.79 Å². The zero-order valence-corrected chi connectivity index (χ0v) is 12.4. The molecule has 0 atom stereocenters. The van der Waals surface area contributed by atoms with Gasteiger partial charge in [-0.1, -0.05) is 36.4 Å². The fraction of sp³-hybridized carbons (Fsp3) is 0.278. The molecule has 0 aliphatic carbocycles. The van der Waals surface area contributed by atoms with Gasteiger partial charge in [0.15, 0.2) is 11.5 Å². The largest absolute Gasteiger partial charge is 0.486 e. The van der Waals surface area contributed by atoms with Gasteiger partial charge in [0, 0.05) is 13.0 Å². The molecule has 0 spiro atoms. The average Bonchev–Trinajstić information content (AvgIpc) is 2.59. The molecule has 4 nitrogen and oxygen atoms in total. The molecule has 0 fully saturated rings. The zero-order chi connectivity index (χ0) is 15.2. The second kappa shape index (κ2) is 6.98. The van der Waals surface area contributed by atoms with Gasteiger partial charge in [-0.05, 0) is 29.7 Å². The Morgan fingerprint density at radius 2 is 1.73 bits per heavy atom. The van der Waals surface area contributed by atoms with Crippen LogP contribution in [0, 0.1) is 0 Å². The number of nitrogens with one attached hydrogen (secondary N) is 1. The zero-order valence-electron chi connectivity index (χ0n) is 12.4. The SMILES string of the molecule is O=C(CCc1ccc2c(c1)OCCO2)NCc1ccccc1. The van der Waals surface area contributed by atoms with Gasteiger partial charge < -0.3 is 14.8 Å². The van der Waals surface area contributed by atoms with Crippen molar-refractivity contribution < 1.29 is 14.3 Å². The van der Waals surface area contributed by atoms with E-state index in [4.69, 9.17) is 9.47 Å². The lowest BCUT2D eigenvalue weighted by atomic mass is 10.1. The van der Waals surface area contributed by atoms with Crippen LogP contribution in [-0.4, -0.2) is 19.1 Å². The average molecular weight is 297 g/mol. The van der Waals surface area contributed by atoms with E-state index in [1.54, 1.807) is 0 Å². The Morgan fingerprint density at radius 3 is 2.55 bits per heavy atom. The number of ether oxygens (including phenoxy) is 2. The minimum atomic E-state index is 0.0544. The normalized spacial score (nSPS) is 12.7. The maximum atomic E-state index is 11.9. The molecular weight excluding hydrogens is 278 g/mol. The van der Waals surface area contributed by atoms with E-state index in [-0.39, 0.29) is 5.91 Å². The van der Waals surface area contributed by atoms with Gasteiger partial charge in [0.05, 0.1) is 0 Å². The Morgan fingerprint density at radius 1 is 0.955 bits per heavy atom. The van der Waals surface area contributed by atoms with Crippen LogP contribution < -0.4 is 14.8 Å². The topological polar surface area (TPSA) is 47.6 Å². The summed E-state index contributed by atoms with van der Waals surface area (Å²) in [6.45, 7) is 1.74. The minimum Gasteiger partial charge on any atom is -0.486 e. The van der Waals surface area contributed by atoms with Crippen molar-refractivity contribution in [3.8, 4) is 11.5 Å². The third-order valence-corrected chi connectivity index (χ3v) is 3.58. The van der Waals surface area contributed by atoms with E-state index in [1.807, 2.05) is 48.5 Å². The quantitative estimate of drug-likeness (QED) is 0.923. The third-order valence-electron chi connectivity index (χ3n) is 3.58. The predicted octanol–water partition coefficient (Wildman–Crippen LogP) is 2.71. The van der Waals surface area contributed by atoms with Crippen LogP contribution >= 0.6 is 0 Å². The Bertz CT molecular complexity index is 640. The predicted molar refractivity (Wildman–Crippen MR) is 84.0 cm³/mol. The molecule has 0 aromatic heterocycles. The van der Waals surface area contributed by atoms with Crippen molar-refractivity contribution in [2.75, 3.05) is 13.2 Å². The van der Waals surface area contributed by atoms with Gasteiger partial charge in [-0.25, -0.2) is 0 Å². The number of carbonyl (C=O) groups excluding carboxylic acids is 1. The number of hydrogen-bond acceptors (Lipinski definition) is 3. The molecule has 2 aromatic carbocycles. The van der Waals surface area contributed by atoms with Gasteiger partial charge in [-0.3, -0.25) is 4.79 Å². The van der Waals surface area contributed by atoms with Crippen LogP contribution in [0.15, 0.2) is 48.5 Å². The van der Waals surface area contributed by atoms with Gasteiger partial charge in [0.1, 0.15) is 13.2 Å². The van der Waals surface area contributed by atoms with Gasteiger partial charge in [0.2, 0.25) is 5.91 Å². The van der Waals surface area contributed by atoms with E-state index in [0.717, 1.165) is 22.6 Å². The Balaban J connectivity index is 1.48. The molecule has 4 heteroatoms. The molecule has 0 unspecified atom stereocenters. The van der Waals surface area contributed by atoms with Crippen molar-refractivity contribution >= 4 is 5.91 Å². The molecule has 1 heterocycles. The molecule has 0 radical (unpaired) electrons. The fourth-order valence-corrected chi connectivity index (χ4v) is 2.39. The number of hydrogen-bond donors (Lipinski definition) is 1. The first-order valence-corrected chi connectivity index (χ1v) is 7.50. The molecule has 1 N–H and O–H groups in total. The Labute approximate surface area is 130 Å². The van der Waals surface area contributed by atoms with Gasteiger partial charge >= 0.3 is 0 Å². The van der Waals surface area contributed by atoms with Crippen molar-refractivity contribution in [2.24, 2.45) is 0 Å². The van der Waals surface area contributed by atoms with Gasteiger partial charge in [-0.2, -0.15) is 0 Å². The lowest BCUT2D eigenvalue weighted by Gasteiger charge is -2.18. The van der Waals surface area contributed by atoms with Crippen LogP contribution in [0.4, 0.5) is 0 Å². The molecule has 1 aliphatic rings.